The topological polar surface area (TPSA) is 47.3 Å². The van der Waals surface area contributed by atoms with Crippen LogP contribution in [0.1, 0.15) is 12.5 Å². The second-order valence-corrected chi connectivity index (χ2v) is 4.33. The van der Waals surface area contributed by atoms with E-state index in [4.69, 9.17) is 34.3 Å². The smallest absolute Gasteiger partial charge is 0.105 e. The molecule has 3 nitrogen and oxygen atoms in total. The first-order chi connectivity index (χ1) is 7.54. The number of halogens is 1. The Labute approximate surface area is 106 Å². The minimum absolute atomic E-state index is 0.147. The normalized spacial score (nSPS) is 12.2. The van der Waals surface area contributed by atoms with Crippen LogP contribution in [-0.2, 0) is 4.74 Å². The molecule has 0 aliphatic rings. The predicted octanol–water partition coefficient (Wildman–Crippen LogP) is 2.42. The third-order valence-electron chi connectivity index (χ3n) is 2.23. The van der Waals surface area contributed by atoms with Gasteiger partial charge in [-0.2, -0.15) is 0 Å². The van der Waals surface area contributed by atoms with E-state index < -0.39 is 0 Å². The summed E-state index contributed by atoms with van der Waals surface area (Å²) in [4.78, 5) is 0.307. The third-order valence-corrected chi connectivity index (χ3v) is 2.76. The van der Waals surface area contributed by atoms with Gasteiger partial charge in [0.2, 0.25) is 0 Å². The molecule has 88 valence electrons. The zero-order valence-electron chi connectivity index (χ0n) is 9.29. The molecule has 5 heteroatoms. The van der Waals surface area contributed by atoms with Crippen molar-refractivity contribution in [1.82, 2.24) is 0 Å². The van der Waals surface area contributed by atoms with Crippen molar-refractivity contribution in [1.29, 1.82) is 0 Å². The molecule has 0 heterocycles. The summed E-state index contributed by atoms with van der Waals surface area (Å²) in [6.45, 7) is 2.71. The largest absolute Gasteiger partial charge is 0.389 e. The molecule has 1 aromatic rings. The molecule has 1 aromatic carbocycles. The van der Waals surface area contributed by atoms with E-state index in [0.29, 0.717) is 15.6 Å². The van der Waals surface area contributed by atoms with Crippen LogP contribution in [0.2, 0.25) is 5.02 Å². The van der Waals surface area contributed by atoms with E-state index in [1.165, 1.54) is 0 Å². The lowest BCUT2D eigenvalue weighted by molar-refractivity contribution is 0.129. The molecule has 0 spiro atoms. The molecule has 0 aliphatic heterocycles. The average molecular weight is 259 g/mol. The first-order valence-corrected chi connectivity index (χ1v) is 5.69. The highest BCUT2D eigenvalue weighted by atomic mass is 35.5. The van der Waals surface area contributed by atoms with Gasteiger partial charge >= 0.3 is 0 Å². The second kappa shape index (κ2) is 6.03. The Hall–Kier alpha value is -0.840. The molecule has 0 bridgehead atoms. The monoisotopic (exact) mass is 258 g/mol. The summed E-state index contributed by atoms with van der Waals surface area (Å²) < 4.78 is 5.13. The molecular formula is C11H15ClN2OS. The summed E-state index contributed by atoms with van der Waals surface area (Å²) in [5, 5.41) is 3.77. The number of methoxy groups -OCH3 is 1. The minimum atomic E-state index is 0.147. The lowest BCUT2D eigenvalue weighted by Gasteiger charge is -2.12. The fourth-order valence-electron chi connectivity index (χ4n) is 1.17. The number of anilines is 1. The molecule has 0 radical (unpaired) electrons. The van der Waals surface area contributed by atoms with E-state index in [-0.39, 0.29) is 6.10 Å². The molecule has 0 fully saturated rings. The summed E-state index contributed by atoms with van der Waals surface area (Å²) in [6, 6.07) is 5.51. The molecule has 0 saturated carbocycles. The van der Waals surface area contributed by atoms with Crippen molar-refractivity contribution in [2.75, 3.05) is 19.0 Å². The molecule has 1 rings (SSSR count). The summed E-state index contributed by atoms with van der Waals surface area (Å²) >= 11 is 10.9. The number of benzene rings is 1. The van der Waals surface area contributed by atoms with Crippen LogP contribution < -0.4 is 11.1 Å². The zero-order chi connectivity index (χ0) is 12.1. The van der Waals surface area contributed by atoms with Crippen LogP contribution in [0.25, 0.3) is 0 Å². The Morgan fingerprint density at radius 1 is 1.62 bits per heavy atom. The molecule has 1 atom stereocenters. The zero-order valence-corrected chi connectivity index (χ0v) is 10.9. The maximum atomic E-state index is 6.03. The van der Waals surface area contributed by atoms with Crippen molar-refractivity contribution in [2.45, 2.75) is 13.0 Å². The van der Waals surface area contributed by atoms with Crippen molar-refractivity contribution < 1.29 is 4.74 Å². The quantitative estimate of drug-likeness (QED) is 0.797. The van der Waals surface area contributed by atoms with Crippen molar-refractivity contribution in [2.24, 2.45) is 5.73 Å². The average Bonchev–Trinajstić information content (AvgIpc) is 2.25. The Morgan fingerprint density at radius 3 is 2.81 bits per heavy atom. The predicted molar refractivity (Wildman–Crippen MR) is 72.3 cm³/mol. The van der Waals surface area contributed by atoms with Gasteiger partial charge in [-0.05, 0) is 25.1 Å². The van der Waals surface area contributed by atoms with Crippen LogP contribution in [0, 0.1) is 0 Å². The SMILES string of the molecule is COC(C)CNc1ccc(C(N)=S)c(Cl)c1. The van der Waals surface area contributed by atoms with E-state index in [1.807, 2.05) is 19.1 Å². The van der Waals surface area contributed by atoms with Gasteiger partial charge in [-0.25, -0.2) is 0 Å². The van der Waals surface area contributed by atoms with E-state index in [0.717, 1.165) is 12.2 Å². The maximum Gasteiger partial charge on any atom is 0.105 e. The van der Waals surface area contributed by atoms with Crippen molar-refractivity contribution in [3.05, 3.63) is 28.8 Å². The van der Waals surface area contributed by atoms with Crippen LogP contribution in [0.3, 0.4) is 0 Å². The summed E-state index contributed by atoms with van der Waals surface area (Å²) in [5.74, 6) is 0. The molecule has 1 unspecified atom stereocenters. The van der Waals surface area contributed by atoms with Crippen molar-refractivity contribution in [3.8, 4) is 0 Å². The third kappa shape index (κ3) is 3.63. The molecule has 0 aromatic heterocycles. The van der Waals surface area contributed by atoms with E-state index in [2.05, 4.69) is 5.32 Å². The fraction of sp³-hybridized carbons (Fsp3) is 0.364. The number of thiocarbonyl (C=S) groups is 1. The number of nitrogens with two attached hydrogens (primary N) is 1. The number of rotatable bonds is 5. The Kier molecular flexibility index (Phi) is 4.99. The van der Waals surface area contributed by atoms with Gasteiger partial charge in [-0.3, -0.25) is 0 Å². The van der Waals surface area contributed by atoms with Gasteiger partial charge in [0.05, 0.1) is 11.1 Å². The standard InChI is InChI=1S/C11H15ClN2OS/c1-7(15-2)6-14-8-3-4-9(11(13)16)10(12)5-8/h3-5,7,14H,6H2,1-2H3,(H2,13,16). The lowest BCUT2D eigenvalue weighted by Crippen LogP contribution is -2.18. The van der Waals surface area contributed by atoms with E-state index >= 15 is 0 Å². The first-order valence-electron chi connectivity index (χ1n) is 4.90. The second-order valence-electron chi connectivity index (χ2n) is 3.49. The summed E-state index contributed by atoms with van der Waals surface area (Å²) in [6.07, 6.45) is 0.147. The van der Waals surface area contributed by atoms with Crippen molar-refractivity contribution >= 4 is 34.5 Å². The first kappa shape index (κ1) is 13.2. The van der Waals surface area contributed by atoms with Crippen LogP contribution in [0.5, 0.6) is 0 Å². The lowest BCUT2D eigenvalue weighted by atomic mass is 10.2. The van der Waals surface area contributed by atoms with Crippen LogP contribution in [0.4, 0.5) is 5.69 Å². The van der Waals surface area contributed by atoms with Gasteiger partial charge < -0.3 is 15.8 Å². The van der Waals surface area contributed by atoms with Gasteiger partial charge in [0.25, 0.3) is 0 Å². The molecule has 0 amide bonds. The highest BCUT2D eigenvalue weighted by Crippen LogP contribution is 2.20. The van der Waals surface area contributed by atoms with Crippen LogP contribution in [0.15, 0.2) is 18.2 Å². The molecule has 3 N–H and O–H groups in total. The van der Waals surface area contributed by atoms with Gasteiger partial charge in [-0.15, -0.1) is 0 Å². The van der Waals surface area contributed by atoms with Gasteiger partial charge in [0.1, 0.15) is 4.99 Å². The Bertz CT molecular complexity index is 384. The van der Waals surface area contributed by atoms with Gasteiger partial charge in [0, 0.05) is 24.9 Å². The minimum Gasteiger partial charge on any atom is -0.389 e. The van der Waals surface area contributed by atoms with Gasteiger partial charge in [-0.1, -0.05) is 23.8 Å². The Balaban J connectivity index is 2.70. The number of nitrogens with one attached hydrogen (secondary N) is 1. The summed E-state index contributed by atoms with van der Waals surface area (Å²) in [7, 11) is 1.68. The molecule has 16 heavy (non-hydrogen) atoms. The number of hydrogen-bond donors (Lipinski definition) is 2. The summed E-state index contributed by atoms with van der Waals surface area (Å²) in [5.41, 5.74) is 7.14. The highest BCUT2D eigenvalue weighted by molar-refractivity contribution is 7.80. The molecular weight excluding hydrogens is 244 g/mol. The van der Waals surface area contributed by atoms with Crippen molar-refractivity contribution in [3.63, 3.8) is 0 Å². The van der Waals surface area contributed by atoms with Crippen LogP contribution >= 0.6 is 23.8 Å². The maximum absolute atomic E-state index is 6.03. The highest BCUT2D eigenvalue weighted by Gasteiger charge is 2.05. The Morgan fingerprint density at radius 2 is 2.31 bits per heavy atom. The number of ether oxygens (including phenoxy) is 1. The van der Waals surface area contributed by atoms with E-state index in [1.54, 1.807) is 13.2 Å². The van der Waals surface area contributed by atoms with Gasteiger partial charge in [0.15, 0.2) is 0 Å². The number of hydrogen-bond acceptors (Lipinski definition) is 3. The van der Waals surface area contributed by atoms with E-state index in [9.17, 15) is 0 Å². The fourth-order valence-corrected chi connectivity index (χ4v) is 1.69. The molecule has 0 saturated heterocycles. The van der Waals surface area contributed by atoms with Crippen LogP contribution in [-0.4, -0.2) is 24.7 Å². The molecule has 0 aliphatic carbocycles.